The average Bonchev–Trinajstić information content (AvgIpc) is 2.16. The SMILES string of the molecule is CN1CCC(C(N)C(C)(C)CC(=O)O)CC1. The van der Waals surface area contributed by atoms with Crippen LogP contribution in [-0.4, -0.2) is 42.2 Å². The summed E-state index contributed by atoms with van der Waals surface area (Å²) in [6.45, 7) is 6.07. The number of nitrogens with two attached hydrogens (primary N) is 1. The number of piperidine rings is 1. The van der Waals surface area contributed by atoms with Crippen molar-refractivity contribution in [1.82, 2.24) is 4.90 Å². The molecule has 0 bridgehead atoms. The minimum absolute atomic E-state index is 0.0164. The van der Waals surface area contributed by atoms with Crippen molar-refractivity contribution in [3.63, 3.8) is 0 Å². The van der Waals surface area contributed by atoms with Gasteiger partial charge in [0.05, 0.1) is 6.42 Å². The van der Waals surface area contributed by atoms with Gasteiger partial charge in [0.2, 0.25) is 0 Å². The number of carbonyl (C=O) groups is 1. The Hall–Kier alpha value is -0.610. The molecule has 0 amide bonds. The molecule has 1 aliphatic rings. The van der Waals surface area contributed by atoms with Crippen molar-refractivity contribution in [2.45, 2.75) is 39.2 Å². The molecule has 4 heteroatoms. The molecule has 1 rings (SSSR count). The van der Waals surface area contributed by atoms with Crippen LogP contribution < -0.4 is 5.73 Å². The van der Waals surface area contributed by atoms with E-state index in [2.05, 4.69) is 11.9 Å². The number of carboxylic acids is 1. The topological polar surface area (TPSA) is 66.6 Å². The summed E-state index contributed by atoms with van der Waals surface area (Å²) in [5, 5.41) is 8.87. The molecular formula is C12H24N2O2. The van der Waals surface area contributed by atoms with E-state index in [1.807, 2.05) is 13.8 Å². The minimum atomic E-state index is -0.756. The Labute approximate surface area is 97.8 Å². The second-order valence-electron chi connectivity index (χ2n) is 5.73. The third-order valence-corrected chi connectivity index (χ3v) is 3.78. The average molecular weight is 228 g/mol. The van der Waals surface area contributed by atoms with E-state index in [-0.39, 0.29) is 17.9 Å². The highest BCUT2D eigenvalue weighted by molar-refractivity contribution is 5.67. The molecule has 0 aromatic rings. The predicted octanol–water partition coefficient (Wildman–Crippen LogP) is 1.16. The third-order valence-electron chi connectivity index (χ3n) is 3.78. The summed E-state index contributed by atoms with van der Waals surface area (Å²) in [6.07, 6.45) is 2.32. The first-order chi connectivity index (χ1) is 7.33. The first kappa shape index (κ1) is 13.5. The normalized spacial score (nSPS) is 22.0. The van der Waals surface area contributed by atoms with Crippen molar-refractivity contribution in [3.8, 4) is 0 Å². The summed E-state index contributed by atoms with van der Waals surface area (Å²) in [4.78, 5) is 13.1. The Balaban J connectivity index is 2.55. The molecule has 0 aromatic carbocycles. The highest BCUT2D eigenvalue weighted by Gasteiger charge is 2.35. The summed E-state index contributed by atoms with van der Waals surface area (Å²) in [5.41, 5.74) is 5.93. The molecule has 0 aromatic heterocycles. The van der Waals surface area contributed by atoms with Gasteiger partial charge in [0.1, 0.15) is 0 Å². The molecule has 0 saturated carbocycles. The zero-order valence-corrected chi connectivity index (χ0v) is 10.6. The van der Waals surface area contributed by atoms with Crippen LogP contribution in [0.25, 0.3) is 0 Å². The van der Waals surface area contributed by atoms with E-state index >= 15 is 0 Å². The smallest absolute Gasteiger partial charge is 0.303 e. The zero-order chi connectivity index (χ0) is 12.3. The van der Waals surface area contributed by atoms with Crippen molar-refractivity contribution in [1.29, 1.82) is 0 Å². The van der Waals surface area contributed by atoms with Crippen LogP contribution in [0.3, 0.4) is 0 Å². The number of nitrogens with zero attached hydrogens (tertiary/aromatic N) is 1. The van der Waals surface area contributed by atoms with E-state index in [4.69, 9.17) is 10.8 Å². The standard InChI is InChI=1S/C12H24N2O2/c1-12(2,8-10(15)16)11(13)9-4-6-14(3)7-5-9/h9,11H,4-8,13H2,1-3H3,(H,15,16). The van der Waals surface area contributed by atoms with Gasteiger partial charge in [0.25, 0.3) is 0 Å². The van der Waals surface area contributed by atoms with Crippen molar-refractivity contribution in [3.05, 3.63) is 0 Å². The monoisotopic (exact) mass is 228 g/mol. The van der Waals surface area contributed by atoms with Gasteiger partial charge in [0, 0.05) is 6.04 Å². The first-order valence-corrected chi connectivity index (χ1v) is 5.99. The van der Waals surface area contributed by atoms with Crippen molar-refractivity contribution >= 4 is 5.97 Å². The lowest BCUT2D eigenvalue weighted by Crippen LogP contribution is -2.48. The summed E-state index contributed by atoms with van der Waals surface area (Å²) in [5.74, 6) is -0.293. The van der Waals surface area contributed by atoms with Gasteiger partial charge in [-0.25, -0.2) is 0 Å². The highest BCUT2D eigenvalue weighted by atomic mass is 16.4. The molecule has 1 fully saturated rings. The van der Waals surface area contributed by atoms with Crippen LogP contribution in [0.15, 0.2) is 0 Å². The lowest BCUT2D eigenvalue weighted by Gasteiger charge is -2.40. The number of carboxylic acid groups (broad SMARTS) is 1. The number of aliphatic carboxylic acids is 1. The van der Waals surface area contributed by atoms with Crippen LogP contribution in [0, 0.1) is 11.3 Å². The largest absolute Gasteiger partial charge is 0.481 e. The van der Waals surface area contributed by atoms with Crippen molar-refractivity contribution < 1.29 is 9.90 Å². The van der Waals surface area contributed by atoms with Crippen LogP contribution >= 0.6 is 0 Å². The quantitative estimate of drug-likeness (QED) is 0.757. The molecular weight excluding hydrogens is 204 g/mol. The van der Waals surface area contributed by atoms with Crippen molar-refractivity contribution in [2.24, 2.45) is 17.1 Å². The minimum Gasteiger partial charge on any atom is -0.481 e. The maximum atomic E-state index is 10.8. The Morgan fingerprint density at radius 3 is 2.44 bits per heavy atom. The van der Waals surface area contributed by atoms with Gasteiger partial charge >= 0.3 is 5.97 Å². The van der Waals surface area contributed by atoms with Crippen molar-refractivity contribution in [2.75, 3.05) is 20.1 Å². The highest BCUT2D eigenvalue weighted by Crippen LogP contribution is 2.32. The molecule has 1 saturated heterocycles. The van der Waals surface area contributed by atoms with Crippen LogP contribution in [0.1, 0.15) is 33.1 Å². The predicted molar refractivity (Wildman–Crippen MR) is 64.2 cm³/mol. The van der Waals surface area contributed by atoms with Gasteiger partial charge in [-0.05, 0) is 44.3 Å². The first-order valence-electron chi connectivity index (χ1n) is 5.99. The van der Waals surface area contributed by atoms with E-state index < -0.39 is 5.97 Å². The van der Waals surface area contributed by atoms with Gasteiger partial charge in [-0.15, -0.1) is 0 Å². The lowest BCUT2D eigenvalue weighted by atomic mass is 9.72. The van der Waals surface area contributed by atoms with Crippen LogP contribution in [0.5, 0.6) is 0 Å². The van der Waals surface area contributed by atoms with Gasteiger partial charge in [-0.2, -0.15) is 0 Å². The van der Waals surface area contributed by atoms with Gasteiger partial charge in [-0.3, -0.25) is 4.79 Å². The zero-order valence-electron chi connectivity index (χ0n) is 10.6. The lowest BCUT2D eigenvalue weighted by molar-refractivity contribution is -0.139. The van der Waals surface area contributed by atoms with E-state index in [0.717, 1.165) is 25.9 Å². The summed E-state index contributed by atoms with van der Waals surface area (Å²) < 4.78 is 0. The number of hydrogen-bond donors (Lipinski definition) is 2. The van der Waals surface area contributed by atoms with Gasteiger partial charge < -0.3 is 15.7 Å². The van der Waals surface area contributed by atoms with Crippen LogP contribution in [-0.2, 0) is 4.79 Å². The molecule has 1 unspecified atom stereocenters. The Morgan fingerprint density at radius 2 is 2.00 bits per heavy atom. The second-order valence-corrected chi connectivity index (χ2v) is 5.73. The number of hydrogen-bond acceptors (Lipinski definition) is 3. The van der Waals surface area contributed by atoms with E-state index in [0.29, 0.717) is 5.92 Å². The Morgan fingerprint density at radius 1 is 1.50 bits per heavy atom. The van der Waals surface area contributed by atoms with E-state index in [9.17, 15) is 4.79 Å². The van der Waals surface area contributed by atoms with Gasteiger partial charge in [-0.1, -0.05) is 13.8 Å². The number of rotatable bonds is 4. The van der Waals surface area contributed by atoms with E-state index in [1.165, 1.54) is 0 Å². The molecule has 0 radical (unpaired) electrons. The molecule has 4 nitrogen and oxygen atoms in total. The summed E-state index contributed by atoms with van der Waals surface area (Å²) in [6, 6.07) is -0.0164. The fourth-order valence-electron chi connectivity index (χ4n) is 2.53. The molecule has 0 spiro atoms. The molecule has 16 heavy (non-hydrogen) atoms. The summed E-state index contributed by atoms with van der Waals surface area (Å²) in [7, 11) is 2.12. The maximum Gasteiger partial charge on any atom is 0.303 e. The third kappa shape index (κ3) is 3.46. The van der Waals surface area contributed by atoms with Crippen LogP contribution in [0.2, 0.25) is 0 Å². The maximum absolute atomic E-state index is 10.8. The molecule has 0 aliphatic carbocycles. The second kappa shape index (κ2) is 5.15. The summed E-state index contributed by atoms with van der Waals surface area (Å²) >= 11 is 0. The Kier molecular flexibility index (Phi) is 4.33. The molecule has 1 aliphatic heterocycles. The molecule has 1 atom stereocenters. The molecule has 3 N–H and O–H groups in total. The van der Waals surface area contributed by atoms with Crippen LogP contribution in [0.4, 0.5) is 0 Å². The molecule has 1 heterocycles. The fourth-order valence-corrected chi connectivity index (χ4v) is 2.53. The van der Waals surface area contributed by atoms with Gasteiger partial charge in [0.15, 0.2) is 0 Å². The fraction of sp³-hybridized carbons (Fsp3) is 0.917. The Bertz CT molecular complexity index is 245. The molecule has 94 valence electrons. The number of likely N-dealkylation sites (tertiary alicyclic amines) is 1. The van der Waals surface area contributed by atoms with E-state index in [1.54, 1.807) is 0 Å².